The summed E-state index contributed by atoms with van der Waals surface area (Å²) in [6.07, 6.45) is 6.56. The van der Waals surface area contributed by atoms with E-state index in [0.29, 0.717) is 43.8 Å². The first-order valence-corrected chi connectivity index (χ1v) is 15.3. The summed E-state index contributed by atoms with van der Waals surface area (Å²) in [5.41, 5.74) is 1.58. The largest absolute Gasteiger partial charge is 0.385 e. The maximum Gasteiger partial charge on any atom is 0.253 e. The predicted octanol–water partition coefficient (Wildman–Crippen LogP) is 2.77. The first-order valence-electron chi connectivity index (χ1n) is 13.7. The molecule has 4 rings (SSSR count). The van der Waals surface area contributed by atoms with E-state index in [9.17, 15) is 18.0 Å². The predicted molar refractivity (Wildman–Crippen MR) is 148 cm³/mol. The van der Waals surface area contributed by atoms with Crippen LogP contribution < -0.4 is 5.32 Å². The Hall–Kier alpha value is -2.30. The molecule has 1 saturated heterocycles. The minimum absolute atomic E-state index is 0.00512. The summed E-state index contributed by atoms with van der Waals surface area (Å²) in [6, 6.07) is 5.41. The quantitative estimate of drug-likeness (QED) is 0.512. The highest BCUT2D eigenvalue weighted by Gasteiger charge is 2.48. The fourth-order valence-corrected chi connectivity index (χ4v) is 7.43. The number of aryl methyl sites for hydroxylation is 2. The lowest BCUT2D eigenvalue weighted by molar-refractivity contribution is -0.125. The molecule has 2 aliphatic heterocycles. The number of benzene rings is 1. The number of nitrogens with zero attached hydrogens (tertiary/aromatic N) is 3. The van der Waals surface area contributed by atoms with E-state index in [1.54, 1.807) is 27.3 Å². The summed E-state index contributed by atoms with van der Waals surface area (Å²) in [7, 11) is 1.67. The van der Waals surface area contributed by atoms with E-state index in [4.69, 9.17) is 9.73 Å². The van der Waals surface area contributed by atoms with Crippen molar-refractivity contribution in [2.75, 3.05) is 46.7 Å². The van der Waals surface area contributed by atoms with Gasteiger partial charge < -0.3 is 15.0 Å². The Morgan fingerprint density at radius 2 is 1.87 bits per heavy atom. The van der Waals surface area contributed by atoms with Crippen LogP contribution in [-0.4, -0.2) is 87.5 Å². The van der Waals surface area contributed by atoms with Crippen LogP contribution in [0.5, 0.6) is 0 Å². The minimum atomic E-state index is -3.48. The molecule has 0 radical (unpaired) electrons. The molecule has 0 bridgehead atoms. The van der Waals surface area contributed by atoms with Crippen LogP contribution >= 0.6 is 0 Å². The second kappa shape index (κ2) is 11.8. The van der Waals surface area contributed by atoms with Crippen LogP contribution in [0.25, 0.3) is 0 Å². The van der Waals surface area contributed by atoms with Crippen molar-refractivity contribution in [3.8, 4) is 0 Å². The van der Waals surface area contributed by atoms with Crippen molar-refractivity contribution >= 4 is 27.7 Å². The number of carbonyl (C=O) groups excluding carboxylic acids is 2. The van der Waals surface area contributed by atoms with Crippen molar-refractivity contribution in [2.24, 2.45) is 16.8 Å². The Bertz CT molecular complexity index is 1160. The van der Waals surface area contributed by atoms with Crippen LogP contribution in [0.2, 0.25) is 0 Å². The third kappa shape index (κ3) is 6.29. The minimum Gasteiger partial charge on any atom is -0.385 e. The molecule has 0 atom stereocenters. The topological polar surface area (TPSA) is 108 Å². The number of amides is 2. The maximum absolute atomic E-state index is 13.2. The Morgan fingerprint density at radius 3 is 2.47 bits per heavy atom. The molecule has 1 N–H and O–H groups in total. The Morgan fingerprint density at radius 1 is 1.18 bits per heavy atom. The van der Waals surface area contributed by atoms with Gasteiger partial charge in [0.2, 0.25) is 10.0 Å². The number of piperidine rings is 1. The van der Waals surface area contributed by atoms with E-state index < -0.39 is 15.6 Å². The standard InChI is InChI=1S/C28H42N4O5S/c1-20-19-24(26(33)31(2)3)10-9-22(20)12-18-38(35,36)32-15-13-28(14-16-32)27(34)29-25(30-28)23-7-5-21(6-8-23)11-17-37-4/h9-10,19,21,23H,5-8,11-18H2,1-4H3,(H,29,30,34). The van der Waals surface area contributed by atoms with Gasteiger partial charge in [-0.3, -0.25) is 14.6 Å². The van der Waals surface area contributed by atoms with Gasteiger partial charge in [-0.25, -0.2) is 12.7 Å². The monoisotopic (exact) mass is 546 g/mol. The lowest BCUT2D eigenvalue weighted by atomic mass is 9.80. The molecular formula is C28H42N4O5S. The fourth-order valence-electron chi connectivity index (χ4n) is 5.95. The van der Waals surface area contributed by atoms with Gasteiger partial charge in [-0.15, -0.1) is 0 Å². The molecule has 10 heteroatoms. The fraction of sp³-hybridized carbons (Fsp3) is 0.679. The van der Waals surface area contributed by atoms with Crippen LogP contribution in [0.3, 0.4) is 0 Å². The molecule has 1 aromatic carbocycles. The summed E-state index contributed by atoms with van der Waals surface area (Å²) in [5, 5.41) is 3.06. The number of hydrogen-bond donors (Lipinski definition) is 1. The van der Waals surface area contributed by atoms with Crippen LogP contribution in [0.15, 0.2) is 23.2 Å². The first-order chi connectivity index (χ1) is 18.0. The van der Waals surface area contributed by atoms with Gasteiger partial charge in [0, 0.05) is 52.4 Å². The smallest absolute Gasteiger partial charge is 0.253 e. The molecule has 1 spiro atoms. The van der Waals surface area contributed by atoms with E-state index in [1.807, 2.05) is 19.1 Å². The Balaban J connectivity index is 1.32. The van der Waals surface area contributed by atoms with Gasteiger partial charge in [0.15, 0.2) is 0 Å². The summed E-state index contributed by atoms with van der Waals surface area (Å²) in [5.74, 6) is 1.60. The average molecular weight is 547 g/mol. The molecule has 2 amide bonds. The summed E-state index contributed by atoms with van der Waals surface area (Å²) in [4.78, 5) is 31.6. The number of aliphatic imine (C=N–C) groups is 1. The number of methoxy groups -OCH3 is 1. The van der Waals surface area contributed by atoms with Crippen LogP contribution in [-0.2, 0) is 26.0 Å². The Labute approximate surface area is 227 Å². The lowest BCUT2D eigenvalue weighted by Gasteiger charge is -2.34. The number of amidine groups is 1. The van der Waals surface area contributed by atoms with Crippen molar-refractivity contribution in [1.29, 1.82) is 0 Å². The van der Waals surface area contributed by atoms with Gasteiger partial charge in [0.1, 0.15) is 11.4 Å². The highest BCUT2D eigenvalue weighted by molar-refractivity contribution is 7.89. The van der Waals surface area contributed by atoms with Gasteiger partial charge in [-0.05, 0) is 87.5 Å². The molecule has 2 fully saturated rings. The van der Waals surface area contributed by atoms with Gasteiger partial charge in [-0.1, -0.05) is 6.07 Å². The molecule has 0 unspecified atom stereocenters. The Kier molecular flexibility index (Phi) is 8.94. The van der Waals surface area contributed by atoms with Gasteiger partial charge in [0.25, 0.3) is 11.8 Å². The summed E-state index contributed by atoms with van der Waals surface area (Å²) in [6.45, 7) is 3.29. The zero-order valence-electron chi connectivity index (χ0n) is 23.2. The van der Waals surface area contributed by atoms with E-state index in [0.717, 1.165) is 55.7 Å². The van der Waals surface area contributed by atoms with Crippen LogP contribution in [0.4, 0.5) is 0 Å². The molecule has 210 valence electrons. The van der Waals surface area contributed by atoms with E-state index in [2.05, 4.69) is 5.32 Å². The SMILES string of the molecule is COCCC1CCC(C2=NC3(CCN(S(=O)(=O)CCc4ccc(C(=O)N(C)C)cc4C)CC3)C(=O)N2)CC1. The number of nitrogens with one attached hydrogen (secondary N) is 1. The number of rotatable bonds is 9. The highest BCUT2D eigenvalue weighted by Crippen LogP contribution is 2.36. The van der Waals surface area contributed by atoms with Gasteiger partial charge in [0.05, 0.1) is 5.75 Å². The first kappa shape index (κ1) is 28.7. The molecule has 9 nitrogen and oxygen atoms in total. The normalized spacial score (nSPS) is 23.8. The third-order valence-corrected chi connectivity index (χ3v) is 10.4. The second-order valence-corrected chi connectivity index (χ2v) is 13.4. The molecule has 0 aromatic heterocycles. The van der Waals surface area contributed by atoms with Crippen LogP contribution in [0, 0.1) is 18.8 Å². The van der Waals surface area contributed by atoms with Crippen LogP contribution in [0.1, 0.15) is 66.4 Å². The zero-order valence-corrected chi connectivity index (χ0v) is 24.0. The number of carbonyl (C=O) groups is 2. The lowest BCUT2D eigenvalue weighted by Crippen LogP contribution is -2.51. The van der Waals surface area contributed by atoms with Crippen molar-refractivity contribution in [2.45, 2.75) is 63.8 Å². The van der Waals surface area contributed by atoms with Crippen molar-refractivity contribution in [3.05, 3.63) is 34.9 Å². The van der Waals surface area contributed by atoms with E-state index >= 15 is 0 Å². The zero-order chi connectivity index (χ0) is 27.5. The summed E-state index contributed by atoms with van der Waals surface area (Å²) >= 11 is 0. The highest BCUT2D eigenvalue weighted by atomic mass is 32.2. The molecule has 2 heterocycles. The third-order valence-electron chi connectivity index (χ3n) is 8.53. The summed E-state index contributed by atoms with van der Waals surface area (Å²) < 4.78 is 33.0. The average Bonchev–Trinajstić information content (AvgIpc) is 3.21. The number of hydrogen-bond acceptors (Lipinski definition) is 6. The number of sulfonamides is 1. The van der Waals surface area contributed by atoms with E-state index in [1.165, 1.54) is 9.21 Å². The van der Waals surface area contributed by atoms with Gasteiger partial charge in [-0.2, -0.15) is 0 Å². The molecule has 3 aliphatic rings. The second-order valence-electron chi connectivity index (χ2n) is 11.3. The van der Waals surface area contributed by atoms with E-state index in [-0.39, 0.29) is 23.5 Å². The maximum atomic E-state index is 13.2. The molecule has 1 saturated carbocycles. The van der Waals surface area contributed by atoms with Crippen molar-refractivity contribution < 1.29 is 22.7 Å². The molecule has 1 aromatic rings. The molecule has 38 heavy (non-hydrogen) atoms. The van der Waals surface area contributed by atoms with Gasteiger partial charge >= 0.3 is 0 Å². The van der Waals surface area contributed by atoms with Crippen molar-refractivity contribution in [3.63, 3.8) is 0 Å². The van der Waals surface area contributed by atoms with Crippen molar-refractivity contribution in [1.82, 2.24) is 14.5 Å². The molecule has 1 aliphatic carbocycles. The molecular weight excluding hydrogens is 504 g/mol. The number of ether oxygens (including phenoxy) is 1.